The maximum Gasteiger partial charge on any atom is 0.255 e. The normalized spacial score (nSPS) is 12.0. The van der Waals surface area contributed by atoms with E-state index in [1.54, 1.807) is 30.5 Å². The number of rotatable bonds is 8. The molecular weight excluding hydrogens is 310 g/mol. The standard InChI is InChI=1S/C17H21N3O4/c1-20(2)14(15-7-4-8-23-15)10-19-17(22)12-5-3-6-13(9-12)24-11-16(18)21/h3-9,14H,10-11H2,1-2H3,(H2,18,21)(H,19,22). The van der Waals surface area contributed by atoms with Crippen LogP contribution in [0.15, 0.2) is 47.1 Å². The summed E-state index contributed by atoms with van der Waals surface area (Å²) in [5, 5.41) is 2.87. The van der Waals surface area contributed by atoms with Gasteiger partial charge in [0.25, 0.3) is 11.8 Å². The van der Waals surface area contributed by atoms with Gasteiger partial charge < -0.3 is 20.2 Å². The fourth-order valence-corrected chi connectivity index (χ4v) is 2.19. The Bertz CT molecular complexity index is 683. The zero-order valence-corrected chi connectivity index (χ0v) is 13.7. The van der Waals surface area contributed by atoms with Gasteiger partial charge in [-0.15, -0.1) is 0 Å². The highest BCUT2D eigenvalue weighted by atomic mass is 16.5. The fraction of sp³-hybridized carbons (Fsp3) is 0.294. The molecule has 1 heterocycles. The summed E-state index contributed by atoms with van der Waals surface area (Å²) in [4.78, 5) is 25.0. The zero-order chi connectivity index (χ0) is 17.5. The molecule has 128 valence electrons. The van der Waals surface area contributed by atoms with Gasteiger partial charge in [0.15, 0.2) is 6.61 Å². The summed E-state index contributed by atoms with van der Waals surface area (Å²) in [7, 11) is 3.83. The van der Waals surface area contributed by atoms with E-state index in [9.17, 15) is 9.59 Å². The van der Waals surface area contributed by atoms with Crippen molar-refractivity contribution in [2.24, 2.45) is 5.73 Å². The number of furan rings is 1. The molecule has 2 amide bonds. The second kappa shape index (κ2) is 8.16. The molecule has 0 aliphatic carbocycles. The summed E-state index contributed by atoms with van der Waals surface area (Å²) in [6, 6.07) is 10.2. The number of ether oxygens (including phenoxy) is 1. The Morgan fingerprint density at radius 3 is 2.71 bits per heavy atom. The van der Waals surface area contributed by atoms with E-state index in [-0.39, 0.29) is 18.6 Å². The molecule has 0 spiro atoms. The molecular formula is C17H21N3O4. The van der Waals surface area contributed by atoms with Gasteiger partial charge >= 0.3 is 0 Å². The Labute approximate surface area is 140 Å². The molecule has 1 aromatic carbocycles. The van der Waals surface area contributed by atoms with Gasteiger partial charge in [0.2, 0.25) is 0 Å². The molecule has 0 aliphatic rings. The van der Waals surface area contributed by atoms with E-state index in [4.69, 9.17) is 14.9 Å². The molecule has 0 fully saturated rings. The molecule has 0 aliphatic heterocycles. The van der Waals surface area contributed by atoms with E-state index >= 15 is 0 Å². The van der Waals surface area contributed by atoms with Crippen molar-refractivity contribution in [1.29, 1.82) is 0 Å². The smallest absolute Gasteiger partial charge is 0.255 e. The number of amides is 2. The van der Waals surface area contributed by atoms with Crippen LogP contribution in [0.4, 0.5) is 0 Å². The maximum atomic E-state index is 12.3. The van der Waals surface area contributed by atoms with Gasteiger partial charge in [-0.3, -0.25) is 14.5 Å². The van der Waals surface area contributed by atoms with E-state index in [0.29, 0.717) is 17.9 Å². The molecule has 1 atom stereocenters. The average Bonchev–Trinajstić information content (AvgIpc) is 3.07. The van der Waals surface area contributed by atoms with Crippen molar-refractivity contribution >= 4 is 11.8 Å². The molecule has 7 heteroatoms. The number of nitrogens with two attached hydrogens (primary N) is 1. The largest absolute Gasteiger partial charge is 0.484 e. The molecule has 0 saturated heterocycles. The van der Waals surface area contributed by atoms with Gasteiger partial charge in [0, 0.05) is 12.1 Å². The average molecular weight is 331 g/mol. The second-order valence-electron chi connectivity index (χ2n) is 5.49. The van der Waals surface area contributed by atoms with Crippen LogP contribution in [0, 0.1) is 0 Å². The minimum Gasteiger partial charge on any atom is -0.484 e. The van der Waals surface area contributed by atoms with Crippen LogP contribution in [-0.4, -0.2) is 44.0 Å². The molecule has 1 aromatic heterocycles. The number of likely N-dealkylation sites (N-methyl/N-ethyl adjacent to an activating group) is 1. The Kier molecular flexibility index (Phi) is 5.97. The van der Waals surface area contributed by atoms with Crippen LogP contribution in [0.1, 0.15) is 22.2 Å². The summed E-state index contributed by atoms with van der Waals surface area (Å²) < 4.78 is 10.6. The number of hydrogen-bond donors (Lipinski definition) is 2. The van der Waals surface area contributed by atoms with E-state index in [1.807, 2.05) is 31.1 Å². The number of carbonyl (C=O) groups is 2. The topological polar surface area (TPSA) is 97.8 Å². The van der Waals surface area contributed by atoms with Crippen molar-refractivity contribution in [2.45, 2.75) is 6.04 Å². The lowest BCUT2D eigenvalue weighted by molar-refractivity contribution is -0.119. The third kappa shape index (κ3) is 4.85. The number of benzene rings is 1. The quantitative estimate of drug-likeness (QED) is 0.757. The van der Waals surface area contributed by atoms with Crippen LogP contribution < -0.4 is 15.8 Å². The highest BCUT2D eigenvalue weighted by Gasteiger charge is 2.18. The first-order chi connectivity index (χ1) is 11.5. The van der Waals surface area contributed by atoms with Crippen molar-refractivity contribution in [2.75, 3.05) is 27.2 Å². The third-order valence-corrected chi connectivity index (χ3v) is 3.43. The van der Waals surface area contributed by atoms with Gasteiger partial charge in [0.05, 0.1) is 12.3 Å². The number of carbonyl (C=O) groups excluding carboxylic acids is 2. The van der Waals surface area contributed by atoms with E-state index in [1.165, 1.54) is 0 Å². The lowest BCUT2D eigenvalue weighted by atomic mass is 10.1. The summed E-state index contributed by atoms with van der Waals surface area (Å²) >= 11 is 0. The molecule has 1 unspecified atom stereocenters. The second-order valence-corrected chi connectivity index (χ2v) is 5.49. The predicted molar refractivity (Wildman–Crippen MR) is 88.6 cm³/mol. The van der Waals surface area contributed by atoms with Crippen LogP contribution >= 0.6 is 0 Å². The first-order valence-corrected chi connectivity index (χ1v) is 7.46. The highest BCUT2D eigenvalue weighted by Crippen LogP contribution is 2.18. The Hall–Kier alpha value is -2.80. The number of hydrogen-bond acceptors (Lipinski definition) is 5. The summed E-state index contributed by atoms with van der Waals surface area (Å²) in [5.41, 5.74) is 5.48. The van der Waals surface area contributed by atoms with Crippen LogP contribution in [0.25, 0.3) is 0 Å². The molecule has 0 radical (unpaired) electrons. The Morgan fingerprint density at radius 2 is 2.08 bits per heavy atom. The summed E-state index contributed by atoms with van der Waals surface area (Å²) in [6.45, 7) is 0.165. The predicted octanol–water partition coefficient (Wildman–Crippen LogP) is 1.18. The summed E-state index contributed by atoms with van der Waals surface area (Å²) in [5.74, 6) is 0.380. The number of primary amides is 1. The van der Waals surface area contributed by atoms with Crippen molar-refractivity contribution < 1.29 is 18.7 Å². The van der Waals surface area contributed by atoms with Gasteiger partial charge in [-0.25, -0.2) is 0 Å². The highest BCUT2D eigenvalue weighted by molar-refractivity contribution is 5.94. The molecule has 0 saturated carbocycles. The molecule has 7 nitrogen and oxygen atoms in total. The van der Waals surface area contributed by atoms with E-state index < -0.39 is 5.91 Å². The van der Waals surface area contributed by atoms with Crippen molar-refractivity contribution in [3.8, 4) is 5.75 Å². The van der Waals surface area contributed by atoms with Gasteiger partial charge in [-0.05, 0) is 44.4 Å². The third-order valence-electron chi connectivity index (χ3n) is 3.43. The van der Waals surface area contributed by atoms with Gasteiger partial charge in [-0.1, -0.05) is 6.07 Å². The van der Waals surface area contributed by atoms with E-state index in [0.717, 1.165) is 5.76 Å². The molecule has 3 N–H and O–H groups in total. The first kappa shape index (κ1) is 17.6. The lowest BCUT2D eigenvalue weighted by Crippen LogP contribution is -2.34. The van der Waals surface area contributed by atoms with Crippen molar-refractivity contribution in [1.82, 2.24) is 10.2 Å². The van der Waals surface area contributed by atoms with Crippen LogP contribution in [0.5, 0.6) is 5.75 Å². The minimum absolute atomic E-state index is 0.0711. The minimum atomic E-state index is -0.572. The van der Waals surface area contributed by atoms with Gasteiger partial charge in [-0.2, -0.15) is 0 Å². The van der Waals surface area contributed by atoms with E-state index in [2.05, 4.69) is 5.32 Å². The number of nitrogens with zero attached hydrogens (tertiary/aromatic N) is 1. The Morgan fingerprint density at radius 1 is 1.29 bits per heavy atom. The van der Waals surface area contributed by atoms with Crippen LogP contribution in [-0.2, 0) is 4.79 Å². The maximum absolute atomic E-state index is 12.3. The molecule has 2 aromatic rings. The molecule has 24 heavy (non-hydrogen) atoms. The lowest BCUT2D eigenvalue weighted by Gasteiger charge is -2.22. The Balaban J connectivity index is 1.99. The van der Waals surface area contributed by atoms with Crippen LogP contribution in [0.2, 0.25) is 0 Å². The van der Waals surface area contributed by atoms with Crippen molar-refractivity contribution in [3.05, 3.63) is 54.0 Å². The first-order valence-electron chi connectivity index (χ1n) is 7.46. The zero-order valence-electron chi connectivity index (χ0n) is 13.7. The number of nitrogens with one attached hydrogen (secondary N) is 1. The van der Waals surface area contributed by atoms with Gasteiger partial charge in [0.1, 0.15) is 11.5 Å². The summed E-state index contributed by atoms with van der Waals surface area (Å²) in [6.07, 6.45) is 1.60. The SMILES string of the molecule is CN(C)C(CNC(=O)c1cccc(OCC(N)=O)c1)c1ccco1. The van der Waals surface area contributed by atoms with Crippen LogP contribution in [0.3, 0.4) is 0 Å². The van der Waals surface area contributed by atoms with Crippen molar-refractivity contribution in [3.63, 3.8) is 0 Å². The molecule has 2 rings (SSSR count). The monoisotopic (exact) mass is 331 g/mol. The fourth-order valence-electron chi connectivity index (χ4n) is 2.19. The molecule has 0 bridgehead atoms.